The zero-order valence-corrected chi connectivity index (χ0v) is 11.3. The molecule has 0 spiro atoms. The van der Waals surface area contributed by atoms with E-state index in [1.54, 1.807) is 0 Å². The number of rotatable bonds is 5. The Labute approximate surface area is 100 Å². The fourth-order valence-corrected chi connectivity index (χ4v) is 2.26. The first-order chi connectivity index (χ1) is 7.43. The normalized spacial score (nSPS) is 13.8. The van der Waals surface area contributed by atoms with E-state index in [4.69, 9.17) is 0 Å². The maximum absolute atomic E-state index is 3.32. The van der Waals surface area contributed by atoms with E-state index in [1.807, 2.05) is 7.05 Å². The van der Waals surface area contributed by atoms with Gasteiger partial charge >= 0.3 is 0 Å². The van der Waals surface area contributed by atoms with Crippen LogP contribution in [0.4, 0.5) is 0 Å². The second-order valence-corrected chi connectivity index (χ2v) is 5.72. The van der Waals surface area contributed by atoms with Crippen molar-refractivity contribution in [3.05, 3.63) is 35.4 Å². The summed E-state index contributed by atoms with van der Waals surface area (Å²) in [6, 6.07) is 9.49. The Morgan fingerprint density at radius 2 is 1.75 bits per heavy atom. The lowest BCUT2D eigenvalue weighted by Gasteiger charge is -2.28. The lowest BCUT2D eigenvalue weighted by atomic mass is 9.80. The third-order valence-electron chi connectivity index (χ3n) is 3.15. The molecule has 1 N–H and O–H groups in total. The van der Waals surface area contributed by atoms with Crippen molar-refractivity contribution in [2.75, 3.05) is 7.05 Å². The number of hydrogen-bond donors (Lipinski definition) is 1. The Kier molecular flexibility index (Phi) is 4.55. The van der Waals surface area contributed by atoms with Crippen LogP contribution >= 0.6 is 0 Å². The van der Waals surface area contributed by atoms with Gasteiger partial charge in [0.25, 0.3) is 0 Å². The fraction of sp³-hybridized carbons (Fsp3) is 0.600. The molecule has 90 valence electrons. The molecule has 0 aliphatic heterocycles. The highest BCUT2D eigenvalue weighted by Gasteiger charge is 2.20. The van der Waals surface area contributed by atoms with Gasteiger partial charge in [-0.15, -0.1) is 0 Å². The van der Waals surface area contributed by atoms with E-state index in [0.717, 1.165) is 6.42 Å². The van der Waals surface area contributed by atoms with Crippen molar-refractivity contribution in [1.29, 1.82) is 0 Å². The molecule has 0 heterocycles. The van der Waals surface area contributed by atoms with Gasteiger partial charge in [-0.3, -0.25) is 0 Å². The summed E-state index contributed by atoms with van der Waals surface area (Å²) in [6.07, 6.45) is 2.36. The van der Waals surface area contributed by atoms with Crippen LogP contribution < -0.4 is 5.32 Å². The van der Waals surface area contributed by atoms with Gasteiger partial charge in [0.15, 0.2) is 0 Å². The molecule has 1 unspecified atom stereocenters. The van der Waals surface area contributed by atoms with Crippen molar-refractivity contribution in [2.45, 2.75) is 46.6 Å². The molecule has 0 radical (unpaired) electrons. The quantitative estimate of drug-likeness (QED) is 0.798. The van der Waals surface area contributed by atoms with Crippen LogP contribution in [0.3, 0.4) is 0 Å². The van der Waals surface area contributed by atoms with Crippen LogP contribution in [0.25, 0.3) is 0 Å². The topological polar surface area (TPSA) is 12.0 Å². The molecule has 0 aliphatic carbocycles. The van der Waals surface area contributed by atoms with Gasteiger partial charge in [-0.2, -0.15) is 0 Å². The molecule has 0 aromatic heterocycles. The summed E-state index contributed by atoms with van der Waals surface area (Å²) in [5.74, 6) is 0. The first-order valence-electron chi connectivity index (χ1n) is 6.16. The Morgan fingerprint density at radius 3 is 2.25 bits per heavy atom. The molecule has 0 saturated carbocycles. The largest absolute Gasteiger partial charge is 0.317 e. The Balaban J connectivity index is 2.61. The summed E-state index contributed by atoms with van der Waals surface area (Å²) >= 11 is 0. The maximum Gasteiger partial charge on any atom is 0.00409 e. The molecule has 16 heavy (non-hydrogen) atoms. The Hall–Kier alpha value is -0.820. The van der Waals surface area contributed by atoms with Crippen LogP contribution in [0.5, 0.6) is 0 Å². The van der Waals surface area contributed by atoms with Crippen LogP contribution in [-0.2, 0) is 6.42 Å². The maximum atomic E-state index is 3.32. The Morgan fingerprint density at radius 1 is 1.19 bits per heavy atom. The minimum absolute atomic E-state index is 0.359. The highest BCUT2D eigenvalue weighted by Crippen LogP contribution is 2.27. The zero-order chi connectivity index (χ0) is 12.2. The monoisotopic (exact) mass is 219 g/mol. The van der Waals surface area contributed by atoms with Crippen molar-refractivity contribution < 1.29 is 0 Å². The van der Waals surface area contributed by atoms with Gasteiger partial charge in [0.05, 0.1) is 0 Å². The molecule has 1 aromatic rings. The molecular formula is C15H25N. The second kappa shape index (κ2) is 5.49. The lowest BCUT2D eigenvalue weighted by molar-refractivity contribution is 0.293. The zero-order valence-electron chi connectivity index (χ0n) is 11.3. The van der Waals surface area contributed by atoms with Crippen LogP contribution in [0.15, 0.2) is 24.3 Å². The number of benzene rings is 1. The lowest BCUT2D eigenvalue weighted by Crippen LogP contribution is -2.29. The van der Waals surface area contributed by atoms with Crippen LogP contribution in [0, 0.1) is 12.3 Å². The number of nitrogens with one attached hydrogen (secondary N) is 1. The SMILES string of the molecule is CNC(C)CC(C)(C)Cc1ccc(C)cc1. The van der Waals surface area contributed by atoms with E-state index >= 15 is 0 Å². The van der Waals surface area contributed by atoms with Crippen LogP contribution in [0.1, 0.15) is 38.3 Å². The third kappa shape index (κ3) is 4.36. The summed E-state index contributed by atoms with van der Waals surface area (Å²) in [5.41, 5.74) is 3.14. The number of hydrogen-bond acceptors (Lipinski definition) is 1. The molecule has 1 rings (SSSR count). The molecule has 0 aliphatic rings. The van der Waals surface area contributed by atoms with Gasteiger partial charge in [0.1, 0.15) is 0 Å². The Bertz CT molecular complexity index is 311. The van der Waals surface area contributed by atoms with Gasteiger partial charge in [-0.25, -0.2) is 0 Å². The molecular weight excluding hydrogens is 194 g/mol. The van der Waals surface area contributed by atoms with E-state index in [9.17, 15) is 0 Å². The summed E-state index contributed by atoms with van der Waals surface area (Å²) in [6.45, 7) is 9.08. The van der Waals surface area contributed by atoms with Gasteiger partial charge in [0.2, 0.25) is 0 Å². The average Bonchev–Trinajstić information content (AvgIpc) is 2.20. The smallest absolute Gasteiger partial charge is 0.00409 e. The van der Waals surface area contributed by atoms with Crippen molar-refractivity contribution in [3.63, 3.8) is 0 Å². The molecule has 0 saturated heterocycles. The molecule has 0 amide bonds. The van der Waals surface area contributed by atoms with E-state index < -0.39 is 0 Å². The average molecular weight is 219 g/mol. The molecule has 0 fully saturated rings. The highest BCUT2D eigenvalue weighted by atomic mass is 14.9. The first kappa shape index (κ1) is 13.2. The van der Waals surface area contributed by atoms with Crippen LogP contribution in [-0.4, -0.2) is 13.1 Å². The van der Waals surface area contributed by atoms with E-state index in [0.29, 0.717) is 11.5 Å². The van der Waals surface area contributed by atoms with Gasteiger partial charge in [0, 0.05) is 6.04 Å². The summed E-state index contributed by atoms with van der Waals surface area (Å²) in [5, 5.41) is 3.32. The standard InChI is InChI=1S/C15H25N/c1-12-6-8-14(9-7-12)11-15(3,4)10-13(2)16-5/h6-9,13,16H,10-11H2,1-5H3. The third-order valence-corrected chi connectivity index (χ3v) is 3.15. The fourth-order valence-electron chi connectivity index (χ4n) is 2.26. The van der Waals surface area contributed by atoms with Crippen LogP contribution in [0.2, 0.25) is 0 Å². The highest BCUT2D eigenvalue weighted by molar-refractivity contribution is 5.22. The van der Waals surface area contributed by atoms with E-state index in [1.165, 1.54) is 17.5 Å². The second-order valence-electron chi connectivity index (χ2n) is 5.72. The summed E-state index contributed by atoms with van der Waals surface area (Å²) in [4.78, 5) is 0. The minimum Gasteiger partial charge on any atom is -0.317 e. The molecule has 1 aromatic carbocycles. The van der Waals surface area contributed by atoms with Gasteiger partial charge in [-0.1, -0.05) is 43.7 Å². The summed E-state index contributed by atoms with van der Waals surface area (Å²) < 4.78 is 0. The molecule has 0 bridgehead atoms. The minimum atomic E-state index is 0.359. The van der Waals surface area contributed by atoms with Crippen molar-refractivity contribution >= 4 is 0 Å². The van der Waals surface area contributed by atoms with Crippen molar-refractivity contribution in [2.24, 2.45) is 5.41 Å². The van der Waals surface area contributed by atoms with E-state index in [2.05, 4.69) is 57.3 Å². The van der Waals surface area contributed by atoms with Gasteiger partial charge < -0.3 is 5.32 Å². The van der Waals surface area contributed by atoms with Crippen molar-refractivity contribution in [3.8, 4) is 0 Å². The van der Waals surface area contributed by atoms with Gasteiger partial charge in [-0.05, 0) is 44.7 Å². The molecule has 1 heteroatoms. The predicted octanol–water partition coefficient (Wildman–Crippen LogP) is 3.56. The predicted molar refractivity (Wildman–Crippen MR) is 71.8 cm³/mol. The molecule has 1 atom stereocenters. The summed E-state index contributed by atoms with van der Waals surface area (Å²) in [7, 11) is 2.03. The molecule has 1 nitrogen and oxygen atoms in total. The first-order valence-corrected chi connectivity index (χ1v) is 6.16. The van der Waals surface area contributed by atoms with E-state index in [-0.39, 0.29) is 0 Å². The van der Waals surface area contributed by atoms with Crippen molar-refractivity contribution in [1.82, 2.24) is 5.32 Å². The number of aryl methyl sites for hydroxylation is 1.